The molecule has 4 unspecified atom stereocenters. The van der Waals surface area contributed by atoms with E-state index < -0.39 is 6.10 Å². The summed E-state index contributed by atoms with van der Waals surface area (Å²) in [5.74, 6) is -0.397. The molecule has 0 amide bonds. The smallest absolute Gasteiger partial charge is 0.309 e. The number of carbonyl (C=O) groups excluding carboxylic acids is 2. The second-order valence-corrected chi connectivity index (χ2v) is 5.97. The number of Topliss-reactive ketones (excluding diaryl/α,β-unsaturated/α-hetero) is 1. The lowest BCUT2D eigenvalue weighted by Crippen LogP contribution is -2.32. The second-order valence-electron chi connectivity index (χ2n) is 5.97. The maximum Gasteiger partial charge on any atom is 0.309 e. The fourth-order valence-corrected chi connectivity index (χ4v) is 3.16. The predicted octanol–water partition coefficient (Wildman–Crippen LogP) is 2.12. The molecule has 0 aromatic rings. The van der Waals surface area contributed by atoms with Crippen LogP contribution in [0, 0.1) is 11.8 Å². The number of ketones is 1. The molecular formula is C16H26O5. The summed E-state index contributed by atoms with van der Waals surface area (Å²) in [6.07, 6.45) is 3.42. The van der Waals surface area contributed by atoms with Gasteiger partial charge in [-0.15, -0.1) is 0 Å². The molecule has 2 rings (SSSR count). The summed E-state index contributed by atoms with van der Waals surface area (Å²) in [5.41, 5.74) is 0. The lowest BCUT2D eigenvalue weighted by atomic mass is 9.89. The van der Waals surface area contributed by atoms with Gasteiger partial charge in [0.2, 0.25) is 0 Å². The van der Waals surface area contributed by atoms with Crippen LogP contribution in [-0.4, -0.2) is 43.8 Å². The first-order chi connectivity index (χ1) is 10.2. The van der Waals surface area contributed by atoms with E-state index in [4.69, 9.17) is 14.2 Å². The first-order valence-electron chi connectivity index (χ1n) is 8.08. The quantitative estimate of drug-likeness (QED) is 0.642. The first-order valence-corrected chi connectivity index (χ1v) is 8.08. The molecule has 21 heavy (non-hydrogen) atoms. The van der Waals surface area contributed by atoms with E-state index >= 15 is 0 Å². The number of ether oxygens (including phenoxy) is 3. The summed E-state index contributed by atoms with van der Waals surface area (Å²) in [7, 11) is 0. The molecule has 0 aromatic carbocycles. The number of hydrogen-bond acceptors (Lipinski definition) is 5. The van der Waals surface area contributed by atoms with Crippen molar-refractivity contribution in [3.8, 4) is 0 Å². The maximum absolute atomic E-state index is 12.5. The Morgan fingerprint density at radius 1 is 1.29 bits per heavy atom. The van der Waals surface area contributed by atoms with Gasteiger partial charge in [0.05, 0.1) is 31.8 Å². The summed E-state index contributed by atoms with van der Waals surface area (Å²) >= 11 is 0. The van der Waals surface area contributed by atoms with Gasteiger partial charge in [0, 0.05) is 12.3 Å². The summed E-state index contributed by atoms with van der Waals surface area (Å²) in [4.78, 5) is 24.5. The zero-order valence-corrected chi connectivity index (χ0v) is 13.0. The van der Waals surface area contributed by atoms with Crippen LogP contribution in [0.15, 0.2) is 0 Å². The van der Waals surface area contributed by atoms with Crippen molar-refractivity contribution < 1.29 is 23.8 Å². The Balaban J connectivity index is 1.92. The molecule has 5 nitrogen and oxygen atoms in total. The Morgan fingerprint density at radius 2 is 2.10 bits per heavy atom. The van der Waals surface area contributed by atoms with Gasteiger partial charge in [-0.05, 0) is 19.8 Å². The minimum atomic E-state index is -0.393. The maximum atomic E-state index is 12.5. The third-order valence-corrected chi connectivity index (χ3v) is 4.26. The average molecular weight is 298 g/mol. The number of esters is 1. The molecule has 2 saturated heterocycles. The van der Waals surface area contributed by atoms with E-state index in [1.54, 1.807) is 6.92 Å². The molecule has 0 aliphatic carbocycles. The highest BCUT2D eigenvalue weighted by Gasteiger charge is 2.43. The summed E-state index contributed by atoms with van der Waals surface area (Å²) in [5, 5.41) is 0. The fraction of sp³-hybridized carbons (Fsp3) is 0.875. The molecule has 0 aromatic heterocycles. The standard InChI is InChI=1S/C16H26O5/c1-3-5-6-11(16(18)20-4-2)8-14(17)15-12-7-13(21-15)10-19-9-12/h11-13,15H,3-10H2,1-2H3. The van der Waals surface area contributed by atoms with Crippen LogP contribution in [0.2, 0.25) is 0 Å². The van der Waals surface area contributed by atoms with E-state index in [9.17, 15) is 9.59 Å². The fourth-order valence-electron chi connectivity index (χ4n) is 3.16. The van der Waals surface area contributed by atoms with E-state index in [0.29, 0.717) is 26.2 Å². The number of fused-ring (bicyclic) bond motifs is 2. The van der Waals surface area contributed by atoms with Crippen LogP contribution in [-0.2, 0) is 23.8 Å². The highest BCUT2D eigenvalue weighted by molar-refractivity contribution is 5.88. The van der Waals surface area contributed by atoms with Crippen molar-refractivity contribution in [2.45, 2.75) is 58.2 Å². The predicted molar refractivity (Wildman–Crippen MR) is 76.9 cm³/mol. The molecular weight excluding hydrogens is 272 g/mol. The van der Waals surface area contributed by atoms with Crippen molar-refractivity contribution in [2.75, 3.05) is 19.8 Å². The Bertz CT molecular complexity index is 368. The number of hydrogen-bond donors (Lipinski definition) is 0. The zero-order chi connectivity index (χ0) is 15.2. The Hall–Kier alpha value is -0.940. The normalized spacial score (nSPS) is 29.1. The largest absolute Gasteiger partial charge is 0.466 e. The third-order valence-electron chi connectivity index (χ3n) is 4.26. The molecule has 5 heteroatoms. The van der Waals surface area contributed by atoms with Crippen molar-refractivity contribution in [1.29, 1.82) is 0 Å². The molecule has 0 radical (unpaired) electrons. The van der Waals surface area contributed by atoms with E-state index in [2.05, 4.69) is 6.92 Å². The van der Waals surface area contributed by atoms with E-state index in [1.165, 1.54) is 0 Å². The van der Waals surface area contributed by atoms with Gasteiger partial charge in [-0.3, -0.25) is 9.59 Å². The second kappa shape index (κ2) is 7.90. The molecule has 2 bridgehead atoms. The molecule has 4 atom stereocenters. The van der Waals surface area contributed by atoms with Crippen LogP contribution in [0.25, 0.3) is 0 Å². The van der Waals surface area contributed by atoms with E-state index in [0.717, 1.165) is 19.3 Å². The van der Waals surface area contributed by atoms with Crippen LogP contribution in [0.5, 0.6) is 0 Å². The lowest BCUT2D eigenvalue weighted by Gasteiger charge is -2.20. The van der Waals surface area contributed by atoms with Gasteiger partial charge >= 0.3 is 5.97 Å². The minimum Gasteiger partial charge on any atom is -0.466 e. The van der Waals surface area contributed by atoms with Crippen molar-refractivity contribution in [1.82, 2.24) is 0 Å². The zero-order valence-electron chi connectivity index (χ0n) is 13.0. The molecule has 0 spiro atoms. The van der Waals surface area contributed by atoms with Crippen LogP contribution < -0.4 is 0 Å². The minimum absolute atomic E-state index is 0.0298. The Labute approximate surface area is 126 Å². The molecule has 2 aliphatic rings. The van der Waals surface area contributed by atoms with Gasteiger partial charge in [0.1, 0.15) is 6.10 Å². The molecule has 0 saturated carbocycles. The molecule has 2 heterocycles. The van der Waals surface area contributed by atoms with Crippen molar-refractivity contribution in [3.63, 3.8) is 0 Å². The van der Waals surface area contributed by atoms with Crippen molar-refractivity contribution >= 4 is 11.8 Å². The number of rotatable bonds is 8. The molecule has 2 aliphatic heterocycles. The number of carbonyl (C=O) groups is 2. The van der Waals surface area contributed by atoms with Gasteiger partial charge in [-0.1, -0.05) is 19.8 Å². The van der Waals surface area contributed by atoms with Gasteiger partial charge in [0.25, 0.3) is 0 Å². The summed E-state index contributed by atoms with van der Waals surface area (Å²) < 4.78 is 16.3. The number of unbranched alkanes of at least 4 members (excludes halogenated alkanes) is 1. The average Bonchev–Trinajstić information content (AvgIpc) is 2.77. The summed E-state index contributed by atoms with van der Waals surface area (Å²) in [6, 6.07) is 0. The van der Waals surface area contributed by atoms with Gasteiger partial charge in [-0.2, -0.15) is 0 Å². The van der Waals surface area contributed by atoms with Gasteiger partial charge in [-0.25, -0.2) is 0 Å². The van der Waals surface area contributed by atoms with Crippen molar-refractivity contribution in [3.05, 3.63) is 0 Å². The highest BCUT2D eigenvalue weighted by Crippen LogP contribution is 2.33. The first kappa shape index (κ1) is 16.4. The van der Waals surface area contributed by atoms with Crippen LogP contribution >= 0.6 is 0 Å². The van der Waals surface area contributed by atoms with Crippen LogP contribution in [0.4, 0.5) is 0 Å². The van der Waals surface area contributed by atoms with Crippen LogP contribution in [0.1, 0.15) is 46.0 Å². The molecule has 2 fully saturated rings. The molecule has 0 N–H and O–H groups in total. The summed E-state index contributed by atoms with van der Waals surface area (Å²) in [6.45, 7) is 5.39. The third kappa shape index (κ3) is 4.27. The SMILES string of the molecule is CCCCC(CC(=O)C1OC2COCC1C2)C(=O)OCC. The van der Waals surface area contributed by atoms with Crippen LogP contribution in [0.3, 0.4) is 0 Å². The monoisotopic (exact) mass is 298 g/mol. The topological polar surface area (TPSA) is 61.8 Å². The van der Waals surface area contributed by atoms with Gasteiger partial charge in [0.15, 0.2) is 5.78 Å². The lowest BCUT2D eigenvalue weighted by molar-refractivity contribution is -0.151. The molecule has 120 valence electrons. The van der Waals surface area contributed by atoms with Gasteiger partial charge < -0.3 is 14.2 Å². The van der Waals surface area contributed by atoms with Crippen molar-refractivity contribution in [2.24, 2.45) is 11.8 Å². The Kier molecular flexibility index (Phi) is 6.18. The van der Waals surface area contributed by atoms with E-state index in [1.807, 2.05) is 0 Å². The Morgan fingerprint density at radius 3 is 2.76 bits per heavy atom. The highest BCUT2D eigenvalue weighted by atomic mass is 16.6. The van der Waals surface area contributed by atoms with E-state index in [-0.39, 0.29) is 36.1 Å².